The van der Waals surface area contributed by atoms with Gasteiger partial charge in [-0.15, -0.1) is 11.8 Å². The minimum Gasteiger partial charge on any atom is -0.324 e. The van der Waals surface area contributed by atoms with Gasteiger partial charge in [0.15, 0.2) is 6.04 Å². The number of aryl methyl sites for hydroxylation is 2. The van der Waals surface area contributed by atoms with Crippen molar-refractivity contribution in [3.05, 3.63) is 41.2 Å². The molecule has 0 radical (unpaired) electrons. The molecule has 0 saturated heterocycles. The van der Waals surface area contributed by atoms with E-state index in [-0.39, 0.29) is 11.9 Å². The second-order valence-corrected chi connectivity index (χ2v) is 7.13. The van der Waals surface area contributed by atoms with E-state index in [1.165, 1.54) is 10.5 Å². The first-order chi connectivity index (χ1) is 11.3. The minimum atomic E-state index is -0.149. The van der Waals surface area contributed by atoms with Gasteiger partial charge in [0.1, 0.15) is 6.54 Å². The number of nitrogens with one attached hydrogen (secondary N) is 2. The van der Waals surface area contributed by atoms with Gasteiger partial charge in [-0.1, -0.05) is 12.1 Å². The number of anilines is 1. The van der Waals surface area contributed by atoms with E-state index < -0.39 is 0 Å². The van der Waals surface area contributed by atoms with E-state index in [9.17, 15) is 4.79 Å². The first-order valence-electron chi connectivity index (χ1n) is 8.09. The van der Waals surface area contributed by atoms with Crippen LogP contribution in [0, 0.1) is 13.8 Å². The molecule has 1 unspecified atom stereocenters. The number of hydrogen-bond acceptors (Lipinski definition) is 3. The number of benzene rings is 1. The van der Waals surface area contributed by atoms with E-state index >= 15 is 0 Å². The lowest BCUT2D eigenvalue weighted by molar-refractivity contribution is -0.907. The summed E-state index contributed by atoms with van der Waals surface area (Å²) in [7, 11) is 3.94. The Morgan fingerprint density at radius 1 is 1.33 bits per heavy atom. The fourth-order valence-electron chi connectivity index (χ4n) is 2.63. The van der Waals surface area contributed by atoms with Crippen LogP contribution < -0.4 is 10.2 Å². The summed E-state index contributed by atoms with van der Waals surface area (Å²) >= 11 is 1.73. The molecule has 1 aromatic carbocycles. The molecule has 130 valence electrons. The summed E-state index contributed by atoms with van der Waals surface area (Å²) in [6, 6.07) is 8.37. The van der Waals surface area contributed by atoms with Crippen LogP contribution in [0.1, 0.15) is 23.9 Å². The molecule has 0 aliphatic heterocycles. The van der Waals surface area contributed by atoms with Crippen molar-refractivity contribution in [1.29, 1.82) is 0 Å². The van der Waals surface area contributed by atoms with Gasteiger partial charge in [0, 0.05) is 17.5 Å². The molecule has 0 saturated carbocycles. The lowest BCUT2D eigenvalue weighted by Gasteiger charge is -2.21. The quantitative estimate of drug-likeness (QED) is 0.784. The molecule has 5 nitrogen and oxygen atoms in total. The van der Waals surface area contributed by atoms with Crippen molar-refractivity contribution in [2.24, 2.45) is 7.05 Å². The smallest absolute Gasteiger partial charge is 0.282 e. The molecule has 6 heteroatoms. The zero-order valence-corrected chi connectivity index (χ0v) is 16.1. The van der Waals surface area contributed by atoms with Crippen molar-refractivity contribution in [3.8, 4) is 0 Å². The van der Waals surface area contributed by atoms with Gasteiger partial charge in [-0.25, -0.2) is 0 Å². The van der Waals surface area contributed by atoms with E-state index in [0.29, 0.717) is 0 Å². The molecule has 0 spiro atoms. The van der Waals surface area contributed by atoms with Crippen LogP contribution in [-0.4, -0.2) is 35.0 Å². The predicted octanol–water partition coefficient (Wildman–Crippen LogP) is 1.80. The molecule has 2 atom stereocenters. The van der Waals surface area contributed by atoms with Gasteiger partial charge in [-0.3, -0.25) is 9.48 Å². The zero-order valence-electron chi connectivity index (χ0n) is 15.3. The van der Waals surface area contributed by atoms with Gasteiger partial charge in [-0.05, 0) is 39.2 Å². The molecular weight excluding hydrogens is 320 g/mol. The summed E-state index contributed by atoms with van der Waals surface area (Å²) in [6.45, 7) is 6.65. The van der Waals surface area contributed by atoms with Gasteiger partial charge in [0.25, 0.3) is 5.91 Å². The van der Waals surface area contributed by atoms with Crippen molar-refractivity contribution >= 4 is 23.4 Å². The standard InChI is InChI=1S/C18H26N4OS/c1-12-17(13(2)22(5)20-12)19-18(23)14(3)21(4)11-15-7-9-16(24-6)10-8-15/h7-10,14H,11H2,1-6H3,(H,19,23)/p+1/t14-/m0/s1. The van der Waals surface area contributed by atoms with Gasteiger partial charge in [-0.2, -0.15) is 5.10 Å². The number of carbonyl (C=O) groups is 1. The molecule has 1 heterocycles. The van der Waals surface area contributed by atoms with Crippen LogP contribution in [0.3, 0.4) is 0 Å². The molecular formula is C18H27N4OS+. The van der Waals surface area contributed by atoms with Crippen molar-refractivity contribution < 1.29 is 9.69 Å². The molecule has 0 aliphatic carbocycles. The van der Waals surface area contributed by atoms with E-state index in [1.807, 2.05) is 27.8 Å². The van der Waals surface area contributed by atoms with Crippen molar-refractivity contribution in [2.45, 2.75) is 38.3 Å². The number of thioether (sulfide) groups is 1. The average molecular weight is 348 g/mol. The van der Waals surface area contributed by atoms with E-state index in [2.05, 4.69) is 48.0 Å². The number of nitrogens with zero attached hydrogens (tertiary/aromatic N) is 2. The summed E-state index contributed by atoms with van der Waals surface area (Å²) in [6.07, 6.45) is 2.07. The second-order valence-electron chi connectivity index (χ2n) is 6.25. The molecule has 1 amide bonds. The summed E-state index contributed by atoms with van der Waals surface area (Å²) < 4.78 is 1.79. The zero-order chi connectivity index (χ0) is 17.9. The van der Waals surface area contributed by atoms with Crippen LogP contribution in [0.25, 0.3) is 0 Å². The topological polar surface area (TPSA) is 51.4 Å². The maximum Gasteiger partial charge on any atom is 0.282 e. The molecule has 2 rings (SSSR count). The lowest BCUT2D eigenvalue weighted by Crippen LogP contribution is -3.12. The Labute approximate surface area is 148 Å². The van der Waals surface area contributed by atoms with E-state index in [1.54, 1.807) is 16.4 Å². The predicted molar refractivity (Wildman–Crippen MR) is 99.6 cm³/mol. The molecule has 24 heavy (non-hydrogen) atoms. The Morgan fingerprint density at radius 2 is 1.96 bits per heavy atom. The highest BCUT2D eigenvalue weighted by Gasteiger charge is 2.24. The number of amides is 1. The minimum absolute atomic E-state index is 0.0208. The van der Waals surface area contributed by atoms with Gasteiger partial charge in [0.05, 0.1) is 24.1 Å². The van der Waals surface area contributed by atoms with Crippen LogP contribution in [-0.2, 0) is 18.4 Å². The number of likely N-dealkylation sites (N-methyl/N-ethyl adjacent to an activating group) is 1. The third kappa shape index (κ3) is 4.19. The van der Waals surface area contributed by atoms with Crippen LogP contribution in [0.2, 0.25) is 0 Å². The Balaban J connectivity index is 2.01. The van der Waals surface area contributed by atoms with Gasteiger partial charge < -0.3 is 10.2 Å². The van der Waals surface area contributed by atoms with Crippen LogP contribution in [0.15, 0.2) is 29.2 Å². The molecule has 2 aromatic rings. The third-order valence-corrected chi connectivity index (χ3v) is 5.28. The van der Waals surface area contributed by atoms with Crippen molar-refractivity contribution in [1.82, 2.24) is 9.78 Å². The maximum atomic E-state index is 12.6. The van der Waals surface area contributed by atoms with Crippen molar-refractivity contribution in [2.75, 3.05) is 18.6 Å². The average Bonchev–Trinajstić information content (AvgIpc) is 2.81. The third-order valence-electron chi connectivity index (χ3n) is 4.53. The second kappa shape index (κ2) is 7.85. The first-order valence-corrected chi connectivity index (χ1v) is 9.32. The highest BCUT2D eigenvalue weighted by atomic mass is 32.2. The summed E-state index contributed by atoms with van der Waals surface area (Å²) in [5.41, 5.74) is 3.88. The van der Waals surface area contributed by atoms with Crippen molar-refractivity contribution in [3.63, 3.8) is 0 Å². The van der Waals surface area contributed by atoms with Crippen LogP contribution >= 0.6 is 11.8 Å². The Morgan fingerprint density at radius 3 is 2.46 bits per heavy atom. The molecule has 2 N–H and O–H groups in total. The summed E-state index contributed by atoms with van der Waals surface area (Å²) in [5.74, 6) is 0.0208. The fraction of sp³-hybridized carbons (Fsp3) is 0.444. The molecule has 0 aliphatic rings. The first kappa shape index (κ1) is 18.5. The summed E-state index contributed by atoms with van der Waals surface area (Å²) in [5, 5.41) is 7.38. The fourth-order valence-corrected chi connectivity index (χ4v) is 3.04. The van der Waals surface area contributed by atoms with Crippen LogP contribution in [0.4, 0.5) is 5.69 Å². The summed E-state index contributed by atoms with van der Waals surface area (Å²) in [4.78, 5) is 15.0. The molecule has 1 aromatic heterocycles. The molecule has 0 fully saturated rings. The lowest BCUT2D eigenvalue weighted by atomic mass is 10.2. The number of aromatic nitrogens is 2. The van der Waals surface area contributed by atoms with E-state index in [4.69, 9.17) is 0 Å². The monoisotopic (exact) mass is 347 g/mol. The maximum absolute atomic E-state index is 12.6. The normalized spacial score (nSPS) is 13.6. The number of hydrogen-bond donors (Lipinski definition) is 2. The Bertz CT molecular complexity index is 709. The number of carbonyl (C=O) groups excluding carboxylic acids is 1. The van der Waals surface area contributed by atoms with Crippen LogP contribution in [0.5, 0.6) is 0 Å². The molecule has 0 bridgehead atoms. The largest absolute Gasteiger partial charge is 0.324 e. The highest BCUT2D eigenvalue weighted by molar-refractivity contribution is 7.98. The van der Waals surface area contributed by atoms with E-state index in [0.717, 1.165) is 28.5 Å². The van der Waals surface area contributed by atoms with Gasteiger partial charge >= 0.3 is 0 Å². The highest BCUT2D eigenvalue weighted by Crippen LogP contribution is 2.18. The number of rotatable bonds is 6. The Hall–Kier alpha value is -1.79. The SMILES string of the molecule is CSc1ccc(C[NH+](C)[C@@H](C)C(=O)Nc2c(C)nn(C)c2C)cc1. The Kier molecular flexibility index (Phi) is 6.07. The van der Waals surface area contributed by atoms with Gasteiger partial charge in [0.2, 0.25) is 0 Å². The number of quaternary nitrogens is 1.